The first-order valence-corrected chi connectivity index (χ1v) is 5.92. The molecule has 0 aliphatic heterocycles. The number of hydrogen-bond donors (Lipinski definition) is 1. The van der Waals surface area contributed by atoms with Crippen molar-refractivity contribution in [1.29, 1.82) is 0 Å². The van der Waals surface area contributed by atoms with Gasteiger partial charge in [-0.05, 0) is 23.8 Å². The van der Waals surface area contributed by atoms with Gasteiger partial charge in [0.05, 0.1) is 7.11 Å². The number of methoxy groups -OCH3 is 1. The molecule has 0 aliphatic carbocycles. The van der Waals surface area contributed by atoms with E-state index in [1.165, 1.54) is 0 Å². The van der Waals surface area contributed by atoms with Crippen molar-refractivity contribution in [2.24, 2.45) is 0 Å². The molecule has 0 saturated carbocycles. The second-order valence-corrected chi connectivity index (χ2v) is 4.24. The van der Waals surface area contributed by atoms with Crippen molar-refractivity contribution in [3.63, 3.8) is 0 Å². The van der Waals surface area contributed by atoms with Gasteiger partial charge in [-0.2, -0.15) is 5.10 Å². The Kier molecular flexibility index (Phi) is 2.79. The molecule has 5 nitrogen and oxygen atoms in total. The summed E-state index contributed by atoms with van der Waals surface area (Å²) >= 11 is 0. The van der Waals surface area contributed by atoms with Crippen LogP contribution in [0.5, 0.6) is 11.5 Å². The molecule has 1 aromatic carbocycles. The van der Waals surface area contributed by atoms with E-state index in [2.05, 4.69) is 10.1 Å². The second-order valence-electron chi connectivity index (χ2n) is 4.24. The summed E-state index contributed by atoms with van der Waals surface area (Å²) in [6.45, 7) is 0. The summed E-state index contributed by atoms with van der Waals surface area (Å²) in [4.78, 5) is 4.45. The molecule has 3 rings (SSSR count). The molecule has 1 N–H and O–H groups in total. The molecule has 0 saturated heterocycles. The molecule has 0 radical (unpaired) electrons. The number of pyridine rings is 1. The van der Waals surface area contributed by atoms with Gasteiger partial charge in [-0.15, -0.1) is 0 Å². The molecule has 0 spiro atoms. The second kappa shape index (κ2) is 4.61. The van der Waals surface area contributed by atoms with Crippen LogP contribution in [0.3, 0.4) is 0 Å². The minimum Gasteiger partial charge on any atom is -0.508 e. The Morgan fingerprint density at radius 2 is 2.00 bits per heavy atom. The molecule has 19 heavy (non-hydrogen) atoms. The van der Waals surface area contributed by atoms with Gasteiger partial charge in [0.25, 0.3) is 0 Å². The molecule has 0 amide bonds. The zero-order valence-electron chi connectivity index (χ0n) is 10.4. The number of aromatic hydroxyl groups is 1. The molecule has 0 fully saturated rings. The van der Waals surface area contributed by atoms with Gasteiger partial charge in [-0.3, -0.25) is 0 Å². The van der Waals surface area contributed by atoms with Gasteiger partial charge in [0.1, 0.15) is 11.5 Å². The summed E-state index contributed by atoms with van der Waals surface area (Å²) in [6.07, 6.45) is 2.45. The van der Waals surface area contributed by atoms with E-state index in [0.29, 0.717) is 6.42 Å². The third-order valence-electron chi connectivity index (χ3n) is 2.89. The van der Waals surface area contributed by atoms with Crippen LogP contribution in [0.25, 0.3) is 5.65 Å². The number of benzene rings is 1. The Morgan fingerprint density at radius 1 is 1.21 bits per heavy atom. The summed E-state index contributed by atoms with van der Waals surface area (Å²) in [7, 11) is 1.62. The number of fused-ring (bicyclic) bond motifs is 1. The lowest BCUT2D eigenvalue weighted by molar-refractivity contribution is 0.414. The lowest BCUT2D eigenvalue weighted by Crippen LogP contribution is -1.91. The quantitative estimate of drug-likeness (QED) is 0.778. The molecule has 0 bridgehead atoms. The standard InChI is InChI=1S/C14H13N3O2/c1-19-12-6-7-17-14(9-12)15-13(16-17)8-10-2-4-11(18)5-3-10/h2-7,9,18H,8H2,1H3. The highest BCUT2D eigenvalue weighted by Crippen LogP contribution is 2.15. The van der Waals surface area contributed by atoms with Crippen LogP contribution in [0.2, 0.25) is 0 Å². The number of rotatable bonds is 3. The highest BCUT2D eigenvalue weighted by atomic mass is 16.5. The van der Waals surface area contributed by atoms with Gasteiger partial charge in [0.2, 0.25) is 0 Å². The van der Waals surface area contributed by atoms with Gasteiger partial charge >= 0.3 is 0 Å². The van der Waals surface area contributed by atoms with E-state index >= 15 is 0 Å². The number of phenolic OH excluding ortho intramolecular Hbond substituents is 1. The Hall–Kier alpha value is -2.56. The fourth-order valence-corrected chi connectivity index (χ4v) is 1.91. The third-order valence-corrected chi connectivity index (χ3v) is 2.89. The number of nitrogens with zero attached hydrogens (tertiary/aromatic N) is 3. The van der Waals surface area contributed by atoms with Crippen LogP contribution in [0.15, 0.2) is 42.6 Å². The molecule has 2 aromatic heterocycles. The Morgan fingerprint density at radius 3 is 2.74 bits per heavy atom. The van der Waals surface area contributed by atoms with Gasteiger partial charge < -0.3 is 9.84 Å². The fourth-order valence-electron chi connectivity index (χ4n) is 1.91. The van der Waals surface area contributed by atoms with Crippen LogP contribution >= 0.6 is 0 Å². The predicted molar refractivity (Wildman–Crippen MR) is 70.5 cm³/mol. The maximum Gasteiger partial charge on any atom is 0.159 e. The van der Waals surface area contributed by atoms with Crippen molar-refractivity contribution >= 4 is 5.65 Å². The summed E-state index contributed by atoms with van der Waals surface area (Å²) < 4.78 is 6.87. The van der Waals surface area contributed by atoms with Crippen LogP contribution in [0.4, 0.5) is 0 Å². The van der Waals surface area contributed by atoms with Crippen LogP contribution in [0, 0.1) is 0 Å². The third kappa shape index (κ3) is 2.35. The molecule has 0 aliphatic rings. The summed E-state index contributed by atoms with van der Waals surface area (Å²) in [5.74, 6) is 1.76. The molecule has 2 heterocycles. The van der Waals surface area contributed by atoms with Crippen molar-refractivity contribution in [2.75, 3.05) is 7.11 Å². The average Bonchev–Trinajstić information content (AvgIpc) is 2.82. The van der Waals surface area contributed by atoms with E-state index in [1.807, 2.05) is 30.5 Å². The number of ether oxygens (including phenoxy) is 1. The zero-order chi connectivity index (χ0) is 13.2. The largest absolute Gasteiger partial charge is 0.508 e. The van der Waals surface area contributed by atoms with Crippen molar-refractivity contribution in [3.8, 4) is 11.5 Å². The Balaban J connectivity index is 1.90. The summed E-state index contributed by atoms with van der Waals surface area (Å²) in [6, 6.07) is 10.7. The average molecular weight is 255 g/mol. The maximum atomic E-state index is 9.25. The fraction of sp³-hybridized carbons (Fsp3) is 0.143. The molecule has 3 aromatic rings. The van der Waals surface area contributed by atoms with Gasteiger partial charge in [0.15, 0.2) is 11.5 Å². The lowest BCUT2D eigenvalue weighted by Gasteiger charge is -1.97. The minimum atomic E-state index is 0.261. The maximum absolute atomic E-state index is 9.25. The van der Waals surface area contributed by atoms with Gasteiger partial charge in [-0.1, -0.05) is 12.1 Å². The first-order chi connectivity index (χ1) is 9.24. The molecule has 5 heteroatoms. The smallest absolute Gasteiger partial charge is 0.159 e. The lowest BCUT2D eigenvalue weighted by atomic mass is 10.1. The minimum absolute atomic E-state index is 0.261. The van der Waals surface area contributed by atoms with E-state index in [9.17, 15) is 5.11 Å². The molecule has 0 atom stereocenters. The SMILES string of the molecule is COc1ccn2nc(Cc3ccc(O)cc3)nc2c1. The first kappa shape index (κ1) is 11.5. The zero-order valence-corrected chi connectivity index (χ0v) is 10.4. The highest BCUT2D eigenvalue weighted by molar-refractivity contribution is 5.43. The van der Waals surface area contributed by atoms with Crippen LogP contribution in [0.1, 0.15) is 11.4 Å². The van der Waals surface area contributed by atoms with E-state index in [-0.39, 0.29) is 5.75 Å². The van der Waals surface area contributed by atoms with Crippen LogP contribution in [-0.2, 0) is 6.42 Å². The Labute approximate surface area is 110 Å². The molecule has 96 valence electrons. The number of phenols is 1. The first-order valence-electron chi connectivity index (χ1n) is 5.92. The van der Waals surface area contributed by atoms with Crippen molar-refractivity contribution in [2.45, 2.75) is 6.42 Å². The number of hydrogen-bond acceptors (Lipinski definition) is 4. The predicted octanol–water partition coefficient (Wildman–Crippen LogP) is 2.03. The van der Waals surface area contributed by atoms with Gasteiger partial charge in [0, 0.05) is 18.7 Å². The van der Waals surface area contributed by atoms with Crippen molar-refractivity contribution in [1.82, 2.24) is 14.6 Å². The normalized spacial score (nSPS) is 10.8. The van der Waals surface area contributed by atoms with E-state index in [4.69, 9.17) is 4.74 Å². The van der Waals surface area contributed by atoms with Crippen LogP contribution in [-0.4, -0.2) is 26.8 Å². The molecular weight excluding hydrogens is 242 g/mol. The molecular formula is C14H13N3O2. The molecule has 0 unspecified atom stereocenters. The van der Waals surface area contributed by atoms with Crippen molar-refractivity contribution in [3.05, 3.63) is 54.0 Å². The summed E-state index contributed by atoms with van der Waals surface area (Å²) in [5.41, 5.74) is 1.81. The van der Waals surface area contributed by atoms with E-state index in [0.717, 1.165) is 22.8 Å². The van der Waals surface area contributed by atoms with Gasteiger partial charge in [-0.25, -0.2) is 9.50 Å². The van der Waals surface area contributed by atoms with Crippen molar-refractivity contribution < 1.29 is 9.84 Å². The van der Waals surface area contributed by atoms with E-state index < -0.39 is 0 Å². The highest BCUT2D eigenvalue weighted by Gasteiger charge is 2.05. The van der Waals surface area contributed by atoms with E-state index in [1.54, 1.807) is 23.8 Å². The summed E-state index contributed by atoms with van der Waals surface area (Å²) in [5, 5.41) is 13.6. The monoisotopic (exact) mass is 255 g/mol. The number of aromatic nitrogens is 3. The Bertz CT molecular complexity index is 704. The topological polar surface area (TPSA) is 59.7 Å². The van der Waals surface area contributed by atoms with Crippen LogP contribution < -0.4 is 4.74 Å².